The number of nitrogens with one attached hydrogen (secondary N) is 1. The van der Waals surface area contributed by atoms with Gasteiger partial charge in [-0.2, -0.15) is 0 Å². The minimum absolute atomic E-state index is 0.00519. The largest absolute Gasteiger partial charge is 0.368 e. The van der Waals surface area contributed by atoms with E-state index in [1.165, 1.54) is 13.8 Å². The second-order valence-electron chi connectivity index (χ2n) is 3.35. The maximum Gasteiger partial charge on any atom is 0.212 e. The predicted molar refractivity (Wildman–Crippen MR) is 50.3 cm³/mol. The molecule has 0 amide bonds. The van der Waals surface area contributed by atoms with Crippen molar-refractivity contribution in [1.82, 2.24) is 5.48 Å². The van der Waals surface area contributed by atoms with E-state index in [4.69, 9.17) is 10.9 Å². The molecule has 6 nitrogen and oxygen atoms in total. The minimum atomic E-state index is -3.18. The summed E-state index contributed by atoms with van der Waals surface area (Å²) >= 11 is 0. The Morgan fingerprint density at radius 3 is 2.38 bits per heavy atom. The van der Waals surface area contributed by atoms with Gasteiger partial charge >= 0.3 is 0 Å². The first-order valence-electron chi connectivity index (χ1n) is 3.60. The van der Waals surface area contributed by atoms with Crippen molar-refractivity contribution >= 4 is 15.8 Å². The van der Waals surface area contributed by atoms with Gasteiger partial charge in [0.25, 0.3) is 0 Å². The van der Waals surface area contributed by atoms with Crippen LogP contribution in [0.3, 0.4) is 0 Å². The molecule has 7 heteroatoms. The van der Waals surface area contributed by atoms with E-state index < -0.39 is 14.6 Å². The molecule has 0 bridgehead atoms. The van der Waals surface area contributed by atoms with Crippen LogP contribution < -0.4 is 11.2 Å². The molecular weight excluding hydrogens is 194 g/mol. The summed E-state index contributed by atoms with van der Waals surface area (Å²) in [7, 11) is -3.18. The van der Waals surface area contributed by atoms with Crippen molar-refractivity contribution < 1.29 is 13.6 Å². The third-order valence-electron chi connectivity index (χ3n) is 1.75. The Kier molecular flexibility index (Phi) is 3.68. The maximum atomic E-state index is 11.2. The third kappa shape index (κ3) is 3.60. The number of hydroxylamine groups is 1. The van der Waals surface area contributed by atoms with E-state index >= 15 is 0 Å². The Hall–Kier alpha value is -0.820. The van der Waals surface area contributed by atoms with E-state index in [1.807, 2.05) is 0 Å². The lowest BCUT2D eigenvalue weighted by molar-refractivity contribution is 0.232. The van der Waals surface area contributed by atoms with Crippen LogP contribution in [0.25, 0.3) is 0 Å². The van der Waals surface area contributed by atoms with Crippen molar-refractivity contribution in [2.24, 2.45) is 10.7 Å². The fourth-order valence-electron chi connectivity index (χ4n) is 0.428. The Balaban J connectivity index is 4.55. The van der Waals surface area contributed by atoms with Gasteiger partial charge in [-0.1, -0.05) is 0 Å². The van der Waals surface area contributed by atoms with Gasteiger partial charge < -0.3 is 5.73 Å². The Bertz CT molecular complexity index is 294. The fraction of sp³-hybridized carbons (Fsp3) is 0.833. The van der Waals surface area contributed by atoms with Crippen molar-refractivity contribution in [3.63, 3.8) is 0 Å². The van der Waals surface area contributed by atoms with Gasteiger partial charge in [-0.15, -0.1) is 0 Å². The van der Waals surface area contributed by atoms with E-state index in [2.05, 4.69) is 4.99 Å². The molecule has 0 aliphatic carbocycles. The lowest BCUT2D eigenvalue weighted by Crippen LogP contribution is -2.37. The number of hydrogen-bond donors (Lipinski definition) is 3. The van der Waals surface area contributed by atoms with E-state index in [9.17, 15) is 8.42 Å². The van der Waals surface area contributed by atoms with Crippen molar-refractivity contribution in [2.75, 3.05) is 12.8 Å². The molecular formula is C6H15N3O3S. The Morgan fingerprint density at radius 2 is 2.08 bits per heavy atom. The maximum absolute atomic E-state index is 11.2. The standard InChI is InChI=1S/C6H15N3O3S/c1-6(2,13(3,11)12)4-8-5(7)9-10/h10H,4H2,1-3H3,(H3,7,8,9). The van der Waals surface area contributed by atoms with Crippen molar-refractivity contribution in [3.8, 4) is 0 Å². The predicted octanol–water partition coefficient (Wildman–Crippen LogP) is -0.897. The molecule has 0 aliphatic heterocycles. The summed E-state index contributed by atoms with van der Waals surface area (Å²) in [5.41, 5.74) is 6.74. The van der Waals surface area contributed by atoms with Crippen molar-refractivity contribution in [3.05, 3.63) is 0 Å². The fourth-order valence-corrected chi connectivity index (χ4v) is 0.727. The monoisotopic (exact) mass is 209 g/mol. The third-order valence-corrected chi connectivity index (χ3v) is 3.89. The number of aliphatic imine (C=N–C) groups is 1. The summed E-state index contributed by atoms with van der Waals surface area (Å²) in [6, 6.07) is 0. The summed E-state index contributed by atoms with van der Waals surface area (Å²) in [4.78, 5) is 3.63. The molecule has 0 saturated heterocycles. The zero-order valence-corrected chi connectivity index (χ0v) is 8.72. The van der Waals surface area contributed by atoms with Gasteiger partial charge in [0.2, 0.25) is 5.96 Å². The van der Waals surface area contributed by atoms with E-state index in [0.29, 0.717) is 0 Å². The van der Waals surface area contributed by atoms with Crippen LogP contribution >= 0.6 is 0 Å². The summed E-state index contributed by atoms with van der Waals surface area (Å²) in [6.07, 6.45) is 1.13. The van der Waals surface area contributed by atoms with Crippen LogP contribution in [0.4, 0.5) is 0 Å². The highest BCUT2D eigenvalue weighted by Crippen LogP contribution is 2.14. The molecule has 0 aromatic rings. The van der Waals surface area contributed by atoms with E-state index in [1.54, 1.807) is 5.48 Å². The number of guanidine groups is 1. The normalized spacial score (nSPS) is 14.3. The number of nitrogens with two attached hydrogens (primary N) is 1. The molecule has 0 heterocycles. The molecule has 0 aromatic carbocycles. The average molecular weight is 209 g/mol. The highest BCUT2D eigenvalue weighted by molar-refractivity contribution is 7.92. The number of rotatable bonds is 3. The molecule has 0 unspecified atom stereocenters. The Morgan fingerprint density at radius 1 is 1.62 bits per heavy atom. The summed E-state index contributed by atoms with van der Waals surface area (Å²) < 4.78 is 21.3. The first-order valence-corrected chi connectivity index (χ1v) is 5.49. The number of nitrogens with zero attached hydrogens (tertiary/aromatic N) is 1. The van der Waals surface area contributed by atoms with Gasteiger partial charge in [-0.25, -0.2) is 13.9 Å². The van der Waals surface area contributed by atoms with Gasteiger partial charge in [-0.05, 0) is 13.8 Å². The molecule has 0 aromatic heterocycles. The molecule has 78 valence electrons. The van der Waals surface area contributed by atoms with Gasteiger partial charge in [0.1, 0.15) is 0 Å². The van der Waals surface area contributed by atoms with Crippen LogP contribution in [-0.2, 0) is 9.84 Å². The summed E-state index contributed by atoms with van der Waals surface area (Å²) in [5, 5.41) is 8.28. The van der Waals surface area contributed by atoms with Crippen LogP contribution in [0.2, 0.25) is 0 Å². The zero-order valence-electron chi connectivity index (χ0n) is 7.90. The van der Waals surface area contributed by atoms with Gasteiger partial charge in [0.05, 0.1) is 11.3 Å². The number of hydrogen-bond acceptors (Lipinski definition) is 4. The van der Waals surface area contributed by atoms with Gasteiger partial charge in [-0.3, -0.25) is 10.2 Å². The molecule has 0 aliphatic rings. The zero-order chi connectivity index (χ0) is 10.7. The van der Waals surface area contributed by atoms with Gasteiger partial charge in [0, 0.05) is 6.26 Å². The second-order valence-corrected chi connectivity index (χ2v) is 5.99. The van der Waals surface area contributed by atoms with Crippen LogP contribution in [0, 0.1) is 0 Å². The Labute approximate surface area is 77.7 Å². The molecule has 0 rings (SSSR count). The quantitative estimate of drug-likeness (QED) is 0.317. The smallest absolute Gasteiger partial charge is 0.212 e. The van der Waals surface area contributed by atoms with Crippen molar-refractivity contribution in [2.45, 2.75) is 18.6 Å². The summed E-state index contributed by atoms with van der Waals surface area (Å²) in [6.45, 7) is 3.08. The lowest BCUT2D eigenvalue weighted by atomic mass is 10.2. The second kappa shape index (κ2) is 3.93. The molecule has 0 atom stereocenters. The SMILES string of the molecule is CC(C)(CN=C(N)NO)S(C)(=O)=O. The van der Waals surface area contributed by atoms with E-state index in [0.717, 1.165) is 6.26 Å². The molecule has 0 spiro atoms. The molecule has 4 N–H and O–H groups in total. The number of sulfone groups is 1. The van der Waals surface area contributed by atoms with Crippen LogP contribution in [-0.4, -0.2) is 37.1 Å². The molecule has 0 saturated carbocycles. The highest BCUT2D eigenvalue weighted by Gasteiger charge is 2.29. The van der Waals surface area contributed by atoms with Crippen LogP contribution in [0.15, 0.2) is 4.99 Å². The lowest BCUT2D eigenvalue weighted by Gasteiger charge is -2.19. The highest BCUT2D eigenvalue weighted by atomic mass is 32.2. The topological polar surface area (TPSA) is 105 Å². The summed E-state index contributed by atoms with van der Waals surface area (Å²) in [5.74, 6) is -0.197. The van der Waals surface area contributed by atoms with Crippen LogP contribution in [0.5, 0.6) is 0 Å². The van der Waals surface area contributed by atoms with Crippen LogP contribution in [0.1, 0.15) is 13.8 Å². The molecule has 13 heavy (non-hydrogen) atoms. The first kappa shape index (κ1) is 12.2. The molecule has 0 fully saturated rings. The van der Waals surface area contributed by atoms with Crippen molar-refractivity contribution in [1.29, 1.82) is 0 Å². The van der Waals surface area contributed by atoms with Gasteiger partial charge in [0.15, 0.2) is 9.84 Å². The minimum Gasteiger partial charge on any atom is -0.368 e. The molecule has 0 radical (unpaired) electrons. The first-order chi connectivity index (χ1) is 5.70. The van der Waals surface area contributed by atoms with E-state index in [-0.39, 0.29) is 12.5 Å². The average Bonchev–Trinajstić information content (AvgIpc) is 1.98.